The van der Waals surface area contributed by atoms with E-state index in [1.54, 1.807) is 0 Å². The van der Waals surface area contributed by atoms with Gasteiger partial charge in [-0.2, -0.15) is 0 Å². The second kappa shape index (κ2) is 7.26. The van der Waals surface area contributed by atoms with Crippen LogP contribution in [0, 0.1) is 0 Å². The minimum Gasteiger partial charge on any atom is -0.377 e. The van der Waals surface area contributed by atoms with E-state index in [-0.39, 0.29) is 6.04 Å². The molecule has 132 valence electrons. The number of nitrogens with zero attached hydrogens (tertiary/aromatic N) is 2. The van der Waals surface area contributed by atoms with Crippen molar-refractivity contribution in [3.8, 4) is 0 Å². The second-order valence-electron chi connectivity index (χ2n) is 7.55. The van der Waals surface area contributed by atoms with Crippen molar-refractivity contribution in [1.29, 1.82) is 0 Å². The number of aryl methyl sites for hydroxylation is 2. The highest BCUT2D eigenvalue weighted by Crippen LogP contribution is 2.31. The monoisotopic (exact) mass is 329 g/mol. The molecule has 1 aliphatic heterocycles. The van der Waals surface area contributed by atoms with Gasteiger partial charge in [0.25, 0.3) is 0 Å². The summed E-state index contributed by atoms with van der Waals surface area (Å²) in [5.74, 6) is 0. The maximum absolute atomic E-state index is 5.94. The zero-order valence-electron chi connectivity index (χ0n) is 15.5. The molecule has 4 nitrogen and oxygen atoms in total. The van der Waals surface area contributed by atoms with Gasteiger partial charge in [0.15, 0.2) is 0 Å². The van der Waals surface area contributed by atoms with Crippen LogP contribution in [0.3, 0.4) is 0 Å². The van der Waals surface area contributed by atoms with Crippen LogP contribution < -0.4 is 5.73 Å². The van der Waals surface area contributed by atoms with Gasteiger partial charge in [-0.25, -0.2) is 0 Å². The smallest absolute Gasteiger partial charge is 0.0597 e. The third-order valence-electron chi connectivity index (χ3n) is 4.91. The van der Waals surface area contributed by atoms with E-state index in [1.807, 2.05) is 0 Å². The van der Waals surface area contributed by atoms with Crippen molar-refractivity contribution in [2.75, 3.05) is 13.2 Å². The molecule has 1 atom stereocenters. The maximum Gasteiger partial charge on any atom is 0.0597 e. The van der Waals surface area contributed by atoms with Crippen molar-refractivity contribution >= 4 is 10.9 Å². The average molecular weight is 329 g/mol. The van der Waals surface area contributed by atoms with Gasteiger partial charge in [-0.3, -0.25) is 4.90 Å². The predicted molar refractivity (Wildman–Crippen MR) is 100 cm³/mol. The summed E-state index contributed by atoms with van der Waals surface area (Å²) in [7, 11) is 2.15. The molecule has 0 bridgehead atoms. The van der Waals surface area contributed by atoms with Gasteiger partial charge in [0.2, 0.25) is 0 Å². The van der Waals surface area contributed by atoms with Crippen molar-refractivity contribution in [3.05, 3.63) is 35.0 Å². The van der Waals surface area contributed by atoms with Gasteiger partial charge in [-0.05, 0) is 62.4 Å². The second-order valence-corrected chi connectivity index (χ2v) is 7.55. The molecule has 0 amide bonds. The van der Waals surface area contributed by atoms with Crippen LogP contribution in [0.15, 0.2) is 18.3 Å². The molecular weight excluding hydrogens is 298 g/mol. The molecule has 2 N–H and O–H groups in total. The summed E-state index contributed by atoms with van der Waals surface area (Å²) in [6.45, 7) is 10.2. The number of nitrogens with two attached hydrogens (primary N) is 1. The van der Waals surface area contributed by atoms with E-state index < -0.39 is 0 Å². The van der Waals surface area contributed by atoms with E-state index in [4.69, 9.17) is 10.5 Å². The fourth-order valence-corrected chi connectivity index (χ4v) is 3.59. The van der Waals surface area contributed by atoms with Gasteiger partial charge in [-0.15, -0.1) is 0 Å². The Morgan fingerprint density at radius 1 is 1.17 bits per heavy atom. The first kappa shape index (κ1) is 17.5. The van der Waals surface area contributed by atoms with E-state index in [2.05, 4.69) is 55.6 Å². The largest absolute Gasteiger partial charge is 0.377 e. The highest BCUT2D eigenvalue weighted by atomic mass is 16.5. The number of aromatic nitrogens is 1. The lowest BCUT2D eigenvalue weighted by Gasteiger charge is -2.15. The zero-order chi connectivity index (χ0) is 17.3. The van der Waals surface area contributed by atoms with Crippen molar-refractivity contribution in [2.24, 2.45) is 12.8 Å². The normalized spacial score (nSPS) is 16.2. The predicted octanol–water partition coefficient (Wildman–Crippen LogP) is 3.20. The van der Waals surface area contributed by atoms with Crippen molar-refractivity contribution in [3.63, 3.8) is 0 Å². The molecule has 0 radical (unpaired) electrons. The molecule has 1 aliphatic rings. The molecule has 1 unspecified atom stereocenters. The van der Waals surface area contributed by atoms with Gasteiger partial charge in [0.1, 0.15) is 0 Å². The summed E-state index contributed by atoms with van der Waals surface area (Å²) in [6, 6.07) is 5.04. The Balaban J connectivity index is 1.76. The summed E-state index contributed by atoms with van der Waals surface area (Å²) in [5, 5.41) is 1.40. The Kier molecular flexibility index (Phi) is 5.28. The lowest BCUT2D eigenvalue weighted by molar-refractivity contribution is 0.0584. The number of hydrogen-bond donors (Lipinski definition) is 1. The van der Waals surface area contributed by atoms with Crippen molar-refractivity contribution in [2.45, 2.75) is 58.8 Å². The molecule has 1 aromatic carbocycles. The third-order valence-corrected chi connectivity index (χ3v) is 4.91. The van der Waals surface area contributed by atoms with E-state index >= 15 is 0 Å². The molecule has 0 aliphatic carbocycles. The summed E-state index contributed by atoms with van der Waals surface area (Å²) >= 11 is 0. The minimum atomic E-state index is 0.256. The molecular formula is C20H31N3O. The summed E-state index contributed by atoms with van der Waals surface area (Å²) in [5.41, 5.74) is 11.6. The first-order valence-corrected chi connectivity index (χ1v) is 9.13. The molecule has 24 heavy (non-hydrogen) atoms. The molecule has 0 fully saturated rings. The molecule has 4 heteroatoms. The van der Waals surface area contributed by atoms with Gasteiger partial charge < -0.3 is 15.0 Å². The van der Waals surface area contributed by atoms with E-state index in [9.17, 15) is 0 Å². The quantitative estimate of drug-likeness (QED) is 0.848. The standard InChI is InChI=1S/C20H31N3O/c1-14(2)24-8-7-23-12-17-9-19-16(6-5-15(3)21)11-22(4)20(19)10-18(17)13-23/h9-11,14-15H,5-8,12-13,21H2,1-4H3. The molecule has 0 spiro atoms. The zero-order valence-corrected chi connectivity index (χ0v) is 15.5. The van der Waals surface area contributed by atoms with Crippen LogP contribution in [0.1, 0.15) is 43.9 Å². The van der Waals surface area contributed by atoms with E-state index in [1.165, 1.54) is 27.6 Å². The average Bonchev–Trinajstić information content (AvgIpc) is 3.03. The fraction of sp³-hybridized carbons (Fsp3) is 0.600. The van der Waals surface area contributed by atoms with Gasteiger partial charge in [-0.1, -0.05) is 0 Å². The van der Waals surface area contributed by atoms with E-state index in [0.29, 0.717) is 6.10 Å². The molecule has 0 saturated heterocycles. The van der Waals surface area contributed by atoms with Gasteiger partial charge in [0.05, 0.1) is 12.7 Å². The molecule has 1 aromatic heterocycles. The summed E-state index contributed by atoms with van der Waals surface area (Å²) < 4.78 is 7.96. The summed E-state index contributed by atoms with van der Waals surface area (Å²) in [4.78, 5) is 2.48. The Hall–Kier alpha value is -1.36. The number of hydrogen-bond acceptors (Lipinski definition) is 3. The summed E-state index contributed by atoms with van der Waals surface area (Å²) in [6.07, 6.45) is 4.68. The molecule has 2 heterocycles. The highest BCUT2D eigenvalue weighted by molar-refractivity contribution is 5.85. The van der Waals surface area contributed by atoms with Gasteiger partial charge in [0, 0.05) is 49.8 Å². The van der Waals surface area contributed by atoms with Crippen LogP contribution >= 0.6 is 0 Å². The van der Waals surface area contributed by atoms with Crippen LogP contribution in [0.4, 0.5) is 0 Å². The van der Waals surface area contributed by atoms with Crippen LogP contribution in [-0.4, -0.2) is 34.8 Å². The maximum atomic E-state index is 5.94. The highest BCUT2D eigenvalue weighted by Gasteiger charge is 2.21. The lowest BCUT2D eigenvalue weighted by atomic mass is 10.0. The van der Waals surface area contributed by atoms with Crippen LogP contribution in [0.2, 0.25) is 0 Å². The minimum absolute atomic E-state index is 0.256. The SMILES string of the molecule is CC(N)CCc1cn(C)c2cc3c(cc12)CN(CCOC(C)C)C3. The lowest BCUT2D eigenvalue weighted by Crippen LogP contribution is -2.23. The van der Waals surface area contributed by atoms with Gasteiger partial charge >= 0.3 is 0 Å². The first-order chi connectivity index (χ1) is 11.4. The van der Waals surface area contributed by atoms with Crippen LogP contribution in [-0.2, 0) is 31.3 Å². The Morgan fingerprint density at radius 2 is 1.88 bits per heavy atom. The van der Waals surface area contributed by atoms with Crippen molar-refractivity contribution < 1.29 is 4.74 Å². The number of ether oxygens (including phenoxy) is 1. The van der Waals surface area contributed by atoms with E-state index in [0.717, 1.165) is 39.1 Å². The third kappa shape index (κ3) is 3.82. The number of rotatable bonds is 7. The topological polar surface area (TPSA) is 43.4 Å². The fourth-order valence-electron chi connectivity index (χ4n) is 3.59. The van der Waals surface area contributed by atoms with Crippen LogP contribution in [0.25, 0.3) is 10.9 Å². The molecule has 0 saturated carbocycles. The van der Waals surface area contributed by atoms with Crippen LogP contribution in [0.5, 0.6) is 0 Å². The Bertz CT molecular complexity index is 702. The number of benzene rings is 1. The Labute approximate surface area is 145 Å². The first-order valence-electron chi connectivity index (χ1n) is 9.13. The molecule has 3 rings (SSSR count). The Morgan fingerprint density at radius 3 is 2.54 bits per heavy atom. The number of fused-ring (bicyclic) bond motifs is 2. The van der Waals surface area contributed by atoms with Crippen molar-refractivity contribution in [1.82, 2.24) is 9.47 Å². The molecule has 2 aromatic rings.